The number of nitrogens with zero attached hydrogens (tertiary/aromatic N) is 4. The van der Waals surface area contributed by atoms with Crippen molar-refractivity contribution in [2.75, 3.05) is 19.8 Å². The maximum atomic E-state index is 13.4. The first kappa shape index (κ1) is 20.9. The fourth-order valence-corrected chi connectivity index (χ4v) is 4.68. The van der Waals surface area contributed by atoms with Crippen LogP contribution < -0.4 is 0 Å². The third-order valence-electron chi connectivity index (χ3n) is 4.81. The van der Waals surface area contributed by atoms with Gasteiger partial charge < -0.3 is 5.21 Å². The van der Waals surface area contributed by atoms with Crippen LogP contribution in [0.5, 0.6) is 0 Å². The Morgan fingerprint density at radius 2 is 2.14 bits per heavy atom. The maximum absolute atomic E-state index is 13.4. The lowest BCUT2D eigenvalue weighted by Crippen LogP contribution is -2.26. The first-order chi connectivity index (χ1) is 13.2. The van der Waals surface area contributed by atoms with Gasteiger partial charge in [-0.3, -0.25) is 0 Å². The zero-order valence-electron chi connectivity index (χ0n) is 15.3. The topological polar surface area (TPSA) is 109 Å². The number of hydrogen-bond donors (Lipinski definition) is 1. The molecule has 1 N–H and O–H groups in total. The second-order valence-corrected chi connectivity index (χ2v) is 10.1. The summed E-state index contributed by atoms with van der Waals surface area (Å²) in [7, 11) is -0.215. The van der Waals surface area contributed by atoms with Crippen molar-refractivity contribution >= 4 is 31.7 Å². The Labute approximate surface area is 170 Å². The summed E-state index contributed by atoms with van der Waals surface area (Å²) in [6, 6.07) is 4.49. The van der Waals surface area contributed by atoms with Gasteiger partial charge in [-0.15, -0.1) is 0 Å². The van der Waals surface area contributed by atoms with Crippen LogP contribution in [0.15, 0.2) is 32.5 Å². The molecule has 1 saturated carbocycles. The first-order valence-electron chi connectivity index (χ1n) is 8.58. The molecule has 3 rings (SSSR count). The van der Waals surface area contributed by atoms with Crippen LogP contribution in [-0.4, -0.2) is 53.8 Å². The van der Waals surface area contributed by atoms with Crippen LogP contribution in [0.25, 0.3) is 0 Å². The summed E-state index contributed by atoms with van der Waals surface area (Å²) in [6.45, 7) is 0. The molecule has 28 heavy (non-hydrogen) atoms. The van der Waals surface area contributed by atoms with Crippen molar-refractivity contribution < 1.29 is 22.6 Å². The van der Waals surface area contributed by atoms with Crippen LogP contribution in [0.2, 0.25) is 0 Å². The average Bonchev–Trinajstić information content (AvgIpc) is 3.16. The van der Waals surface area contributed by atoms with Gasteiger partial charge in [0, 0.05) is 20.5 Å². The highest BCUT2D eigenvalue weighted by atomic mass is 79.9. The van der Waals surface area contributed by atoms with E-state index in [1.54, 1.807) is 12.1 Å². The number of hydrogen-bond acceptors (Lipinski definition) is 7. The van der Waals surface area contributed by atoms with Crippen molar-refractivity contribution in [3.05, 3.63) is 45.4 Å². The molecule has 1 aromatic heterocycles. The molecule has 1 aromatic carbocycles. The van der Waals surface area contributed by atoms with E-state index in [1.165, 1.54) is 24.5 Å². The summed E-state index contributed by atoms with van der Waals surface area (Å²) in [5.41, 5.74) is 1.80. The van der Waals surface area contributed by atoms with E-state index in [-0.39, 0.29) is 35.5 Å². The monoisotopic (exact) mass is 474 g/mol. The fraction of sp³-hybridized carbons (Fsp3) is 0.471. The molecule has 1 aliphatic carbocycles. The van der Waals surface area contributed by atoms with Gasteiger partial charge in [-0.1, -0.05) is 16.4 Å². The van der Waals surface area contributed by atoms with E-state index in [1.807, 2.05) is 0 Å². The molecule has 1 fully saturated rings. The Morgan fingerprint density at radius 1 is 1.39 bits per heavy atom. The number of aromatic nitrogens is 2. The number of benzene rings is 1. The molecule has 0 amide bonds. The van der Waals surface area contributed by atoms with Crippen molar-refractivity contribution in [1.82, 2.24) is 14.6 Å². The largest absolute Gasteiger partial charge is 0.411 e. The minimum atomic E-state index is -3.25. The minimum absolute atomic E-state index is 0.0551. The van der Waals surface area contributed by atoms with Gasteiger partial charge in [0.25, 0.3) is 0 Å². The van der Waals surface area contributed by atoms with Crippen molar-refractivity contribution in [3.8, 4) is 0 Å². The summed E-state index contributed by atoms with van der Waals surface area (Å²) in [6.07, 6.45) is 1.47. The third kappa shape index (κ3) is 4.76. The Bertz CT molecular complexity index is 993. The lowest BCUT2D eigenvalue weighted by molar-refractivity contribution is 0.300. The van der Waals surface area contributed by atoms with Gasteiger partial charge in [0.05, 0.1) is 10.2 Å². The highest BCUT2D eigenvalue weighted by Gasteiger charge is 2.42. The van der Waals surface area contributed by atoms with Gasteiger partial charge in [0.1, 0.15) is 17.2 Å². The van der Waals surface area contributed by atoms with E-state index in [9.17, 15) is 18.0 Å². The summed E-state index contributed by atoms with van der Waals surface area (Å²) in [5.74, 6) is -0.0854. The zero-order valence-corrected chi connectivity index (χ0v) is 17.7. The van der Waals surface area contributed by atoms with Crippen molar-refractivity contribution in [2.24, 2.45) is 17.0 Å². The summed E-state index contributed by atoms with van der Waals surface area (Å²) >= 11 is 3.13. The molecule has 2 atom stereocenters. The van der Waals surface area contributed by atoms with E-state index >= 15 is 0 Å². The highest BCUT2D eigenvalue weighted by Crippen LogP contribution is 2.42. The van der Waals surface area contributed by atoms with Gasteiger partial charge in [0.15, 0.2) is 5.69 Å². The normalized spacial score (nSPS) is 20.0. The molecule has 11 heteroatoms. The molecule has 2 aromatic rings. The fourth-order valence-electron chi connectivity index (χ4n) is 3.00. The zero-order chi connectivity index (χ0) is 20.5. The first-order valence-corrected chi connectivity index (χ1v) is 11.0. The van der Waals surface area contributed by atoms with Gasteiger partial charge in [0.2, 0.25) is 10.0 Å². The molecule has 0 spiro atoms. The minimum Gasteiger partial charge on any atom is -0.411 e. The van der Waals surface area contributed by atoms with E-state index in [0.717, 1.165) is 12.0 Å². The van der Waals surface area contributed by atoms with Gasteiger partial charge in [-0.25, -0.2) is 21.7 Å². The predicted octanol–water partition coefficient (Wildman–Crippen LogP) is 2.46. The number of oxime groups is 1. The molecule has 1 aliphatic rings. The quantitative estimate of drug-likeness (QED) is 0.357. The molecule has 0 radical (unpaired) electrons. The van der Waals surface area contributed by atoms with E-state index in [2.05, 4.69) is 31.4 Å². The number of halogens is 2. The smallest absolute Gasteiger partial charge is 0.213 e. The molecule has 152 valence electrons. The van der Waals surface area contributed by atoms with E-state index in [4.69, 9.17) is 4.63 Å². The summed E-state index contributed by atoms with van der Waals surface area (Å²) < 4.78 is 43.8. The standard InChI is InChI=1S/C17H20BrFN4O4S/c1-23(2)28(25,26)9-12-7-11(12)8-16-17(22-27-21-16)15(20-24)6-10-3-4-14(19)13(18)5-10/h3-5,11-12,24H,6-9H2,1-2H3/b20-15+. The van der Waals surface area contributed by atoms with Crippen LogP contribution in [0.1, 0.15) is 23.4 Å². The Hall–Kier alpha value is -1.85. The average molecular weight is 475 g/mol. The Morgan fingerprint density at radius 3 is 2.79 bits per heavy atom. The second-order valence-electron chi connectivity index (χ2n) is 7.05. The molecule has 8 nitrogen and oxygen atoms in total. The Kier molecular flexibility index (Phi) is 6.15. The van der Waals surface area contributed by atoms with Crippen LogP contribution in [0.3, 0.4) is 0 Å². The summed E-state index contributed by atoms with van der Waals surface area (Å²) in [5, 5.41) is 20.5. The lowest BCUT2D eigenvalue weighted by Gasteiger charge is -2.10. The van der Waals surface area contributed by atoms with Crippen LogP contribution in [0, 0.1) is 17.7 Å². The molecular weight excluding hydrogens is 455 g/mol. The lowest BCUT2D eigenvalue weighted by atomic mass is 10.0. The second kappa shape index (κ2) is 8.26. The van der Waals surface area contributed by atoms with Crippen LogP contribution in [-0.2, 0) is 22.9 Å². The number of rotatable bonds is 8. The number of sulfonamides is 1. The molecule has 0 aliphatic heterocycles. The van der Waals surface area contributed by atoms with Gasteiger partial charge in [-0.05, 0) is 63.5 Å². The Balaban J connectivity index is 1.68. The van der Waals surface area contributed by atoms with E-state index in [0.29, 0.717) is 22.3 Å². The van der Waals surface area contributed by atoms with Crippen molar-refractivity contribution in [1.29, 1.82) is 0 Å². The van der Waals surface area contributed by atoms with E-state index < -0.39 is 10.0 Å². The maximum Gasteiger partial charge on any atom is 0.213 e. The molecule has 0 saturated heterocycles. The SMILES string of the molecule is CN(C)S(=O)(=O)CC1CC1Cc1nonc1/C(Cc1ccc(F)c(Br)c1)=N/O. The van der Waals surface area contributed by atoms with Crippen LogP contribution in [0.4, 0.5) is 4.39 Å². The third-order valence-corrected chi connectivity index (χ3v) is 7.38. The molecular formula is C17H20BrFN4O4S. The molecule has 0 bridgehead atoms. The predicted molar refractivity (Wildman–Crippen MR) is 103 cm³/mol. The van der Waals surface area contributed by atoms with Gasteiger partial charge in [-0.2, -0.15) is 0 Å². The summed E-state index contributed by atoms with van der Waals surface area (Å²) in [4.78, 5) is 0. The van der Waals surface area contributed by atoms with Crippen LogP contribution >= 0.6 is 15.9 Å². The molecule has 2 unspecified atom stereocenters. The van der Waals surface area contributed by atoms with Crippen molar-refractivity contribution in [2.45, 2.75) is 19.3 Å². The van der Waals surface area contributed by atoms with Crippen molar-refractivity contribution in [3.63, 3.8) is 0 Å². The highest BCUT2D eigenvalue weighted by molar-refractivity contribution is 9.10. The molecule has 1 heterocycles. The van der Waals surface area contributed by atoms with Gasteiger partial charge >= 0.3 is 0 Å².